The van der Waals surface area contributed by atoms with E-state index in [1.165, 1.54) is 4.88 Å². The van der Waals surface area contributed by atoms with Crippen LogP contribution in [-0.4, -0.2) is 21.3 Å². The molecule has 2 aromatic rings. The van der Waals surface area contributed by atoms with Crippen LogP contribution in [0, 0.1) is 3.57 Å². The van der Waals surface area contributed by atoms with Gasteiger partial charge in [-0.15, -0.1) is 11.3 Å². The molecule has 2 aromatic heterocycles. The second-order valence-corrected chi connectivity index (χ2v) is 5.38. The van der Waals surface area contributed by atoms with Gasteiger partial charge in [0.05, 0.1) is 16.3 Å². The standard InChI is InChI=1S/C9H11IN4S/c1-2-11-9-12-4-8(15-9)6-14-5-7(10)3-13-14/h3-5H,2,6H2,1H3,(H,11,12). The Morgan fingerprint density at radius 2 is 2.40 bits per heavy atom. The molecule has 0 bridgehead atoms. The van der Waals surface area contributed by atoms with Crippen LogP contribution in [0.1, 0.15) is 11.8 Å². The van der Waals surface area contributed by atoms with E-state index >= 15 is 0 Å². The van der Waals surface area contributed by atoms with Crippen molar-refractivity contribution < 1.29 is 0 Å². The van der Waals surface area contributed by atoms with Gasteiger partial charge < -0.3 is 5.32 Å². The number of anilines is 1. The van der Waals surface area contributed by atoms with Gasteiger partial charge in [-0.05, 0) is 29.5 Å². The lowest BCUT2D eigenvalue weighted by Gasteiger charge is -1.96. The van der Waals surface area contributed by atoms with E-state index in [0.717, 1.165) is 21.8 Å². The summed E-state index contributed by atoms with van der Waals surface area (Å²) in [7, 11) is 0. The second kappa shape index (κ2) is 4.93. The van der Waals surface area contributed by atoms with Gasteiger partial charge in [0.2, 0.25) is 0 Å². The monoisotopic (exact) mass is 334 g/mol. The summed E-state index contributed by atoms with van der Waals surface area (Å²) in [6.07, 6.45) is 5.78. The first-order valence-corrected chi connectivity index (χ1v) is 6.54. The Morgan fingerprint density at radius 1 is 1.53 bits per heavy atom. The summed E-state index contributed by atoms with van der Waals surface area (Å²) in [5.41, 5.74) is 0. The summed E-state index contributed by atoms with van der Waals surface area (Å²) in [5, 5.41) is 8.41. The average Bonchev–Trinajstić information content (AvgIpc) is 2.78. The zero-order valence-electron chi connectivity index (χ0n) is 8.27. The summed E-state index contributed by atoms with van der Waals surface area (Å²) in [5.74, 6) is 0. The minimum atomic E-state index is 0.798. The molecule has 2 heterocycles. The van der Waals surface area contributed by atoms with Crippen molar-refractivity contribution in [2.75, 3.05) is 11.9 Å². The number of aromatic nitrogens is 3. The molecule has 0 spiro atoms. The van der Waals surface area contributed by atoms with Gasteiger partial charge in [-0.2, -0.15) is 5.10 Å². The molecule has 6 heteroatoms. The van der Waals surface area contributed by atoms with Crippen molar-refractivity contribution in [1.82, 2.24) is 14.8 Å². The van der Waals surface area contributed by atoms with E-state index in [1.54, 1.807) is 11.3 Å². The minimum absolute atomic E-state index is 0.798. The van der Waals surface area contributed by atoms with Crippen LogP contribution in [-0.2, 0) is 6.54 Å². The third kappa shape index (κ3) is 2.91. The maximum Gasteiger partial charge on any atom is 0.182 e. The summed E-state index contributed by atoms with van der Waals surface area (Å²) in [4.78, 5) is 5.49. The highest BCUT2D eigenvalue weighted by Crippen LogP contribution is 2.18. The number of thiazole rings is 1. The molecule has 15 heavy (non-hydrogen) atoms. The van der Waals surface area contributed by atoms with Crippen LogP contribution in [0.4, 0.5) is 5.13 Å². The van der Waals surface area contributed by atoms with Crippen LogP contribution in [0.3, 0.4) is 0 Å². The molecule has 0 radical (unpaired) electrons. The van der Waals surface area contributed by atoms with E-state index in [9.17, 15) is 0 Å². The first kappa shape index (κ1) is 10.9. The largest absolute Gasteiger partial charge is 0.362 e. The van der Waals surface area contributed by atoms with E-state index in [-0.39, 0.29) is 0 Å². The lowest BCUT2D eigenvalue weighted by molar-refractivity contribution is 0.693. The topological polar surface area (TPSA) is 42.7 Å². The Labute approximate surface area is 106 Å². The summed E-state index contributed by atoms with van der Waals surface area (Å²) in [6.45, 7) is 3.77. The van der Waals surface area contributed by atoms with Crippen molar-refractivity contribution in [2.24, 2.45) is 0 Å². The van der Waals surface area contributed by atoms with Crippen molar-refractivity contribution in [2.45, 2.75) is 13.5 Å². The highest BCUT2D eigenvalue weighted by molar-refractivity contribution is 14.1. The molecular formula is C9H11IN4S. The van der Waals surface area contributed by atoms with Crippen LogP contribution < -0.4 is 5.32 Å². The van der Waals surface area contributed by atoms with Gasteiger partial charge in [0.25, 0.3) is 0 Å². The van der Waals surface area contributed by atoms with Gasteiger partial charge in [-0.3, -0.25) is 4.68 Å². The maximum atomic E-state index is 4.27. The molecule has 0 aliphatic heterocycles. The van der Waals surface area contributed by atoms with E-state index in [0.29, 0.717) is 0 Å². The Balaban J connectivity index is 2.04. The number of hydrogen-bond donors (Lipinski definition) is 1. The predicted octanol–water partition coefficient (Wildman–Crippen LogP) is 2.42. The Bertz CT molecular complexity index is 437. The van der Waals surface area contributed by atoms with Crippen LogP contribution in [0.2, 0.25) is 0 Å². The van der Waals surface area contributed by atoms with Crippen molar-refractivity contribution in [1.29, 1.82) is 0 Å². The molecule has 2 rings (SSSR count). The number of rotatable bonds is 4. The van der Waals surface area contributed by atoms with E-state index in [2.05, 4.69) is 44.9 Å². The zero-order chi connectivity index (χ0) is 10.7. The number of nitrogens with zero attached hydrogens (tertiary/aromatic N) is 3. The normalized spacial score (nSPS) is 10.5. The van der Waals surface area contributed by atoms with E-state index < -0.39 is 0 Å². The second-order valence-electron chi connectivity index (χ2n) is 3.02. The fourth-order valence-electron chi connectivity index (χ4n) is 1.20. The van der Waals surface area contributed by atoms with Gasteiger partial charge in [0, 0.05) is 23.8 Å². The molecule has 0 aliphatic rings. The van der Waals surface area contributed by atoms with Gasteiger partial charge in [-0.1, -0.05) is 0 Å². The summed E-state index contributed by atoms with van der Waals surface area (Å²) >= 11 is 3.93. The van der Waals surface area contributed by atoms with Crippen LogP contribution >= 0.6 is 33.9 Å². The highest BCUT2D eigenvalue weighted by Gasteiger charge is 2.02. The smallest absolute Gasteiger partial charge is 0.182 e. The Kier molecular flexibility index (Phi) is 3.57. The van der Waals surface area contributed by atoms with Gasteiger partial charge in [0.15, 0.2) is 5.13 Å². The Hall–Kier alpha value is -0.630. The Morgan fingerprint density at radius 3 is 3.07 bits per heavy atom. The van der Waals surface area contributed by atoms with Crippen LogP contribution in [0.5, 0.6) is 0 Å². The average molecular weight is 334 g/mol. The fraction of sp³-hybridized carbons (Fsp3) is 0.333. The summed E-state index contributed by atoms with van der Waals surface area (Å²) < 4.78 is 3.08. The number of halogens is 1. The summed E-state index contributed by atoms with van der Waals surface area (Å²) in [6, 6.07) is 0. The molecule has 0 saturated carbocycles. The van der Waals surface area contributed by atoms with Crippen LogP contribution in [0.25, 0.3) is 0 Å². The zero-order valence-corrected chi connectivity index (χ0v) is 11.2. The molecular weight excluding hydrogens is 323 g/mol. The molecule has 4 nitrogen and oxygen atoms in total. The number of nitrogens with one attached hydrogen (secondary N) is 1. The fourth-order valence-corrected chi connectivity index (χ4v) is 2.52. The maximum absolute atomic E-state index is 4.27. The lowest BCUT2D eigenvalue weighted by Crippen LogP contribution is -1.97. The van der Waals surface area contributed by atoms with Gasteiger partial charge >= 0.3 is 0 Å². The first-order valence-electron chi connectivity index (χ1n) is 4.64. The molecule has 0 aromatic carbocycles. The van der Waals surface area contributed by atoms with Crippen molar-refractivity contribution in [3.63, 3.8) is 0 Å². The molecule has 0 unspecified atom stereocenters. The molecule has 0 aliphatic carbocycles. The SMILES string of the molecule is CCNc1ncc(Cn2cc(I)cn2)s1. The van der Waals surface area contributed by atoms with Crippen LogP contribution in [0.15, 0.2) is 18.6 Å². The third-order valence-electron chi connectivity index (χ3n) is 1.80. The minimum Gasteiger partial charge on any atom is -0.362 e. The first-order chi connectivity index (χ1) is 7.28. The molecule has 1 N–H and O–H groups in total. The predicted molar refractivity (Wildman–Crippen MR) is 70.3 cm³/mol. The lowest BCUT2D eigenvalue weighted by atomic mass is 10.5. The van der Waals surface area contributed by atoms with Gasteiger partial charge in [-0.25, -0.2) is 4.98 Å². The van der Waals surface area contributed by atoms with E-state index in [1.807, 2.05) is 23.3 Å². The molecule has 80 valence electrons. The highest BCUT2D eigenvalue weighted by atomic mass is 127. The third-order valence-corrected chi connectivity index (χ3v) is 3.30. The van der Waals surface area contributed by atoms with E-state index in [4.69, 9.17) is 0 Å². The molecule has 0 fully saturated rings. The van der Waals surface area contributed by atoms with Crippen molar-refractivity contribution >= 4 is 39.1 Å². The molecule has 0 atom stereocenters. The number of hydrogen-bond acceptors (Lipinski definition) is 4. The quantitative estimate of drug-likeness (QED) is 0.874. The molecule has 0 amide bonds. The van der Waals surface area contributed by atoms with Crippen molar-refractivity contribution in [3.8, 4) is 0 Å². The van der Waals surface area contributed by atoms with Gasteiger partial charge in [0.1, 0.15) is 0 Å². The van der Waals surface area contributed by atoms with Crippen molar-refractivity contribution in [3.05, 3.63) is 27.0 Å². The molecule has 0 saturated heterocycles.